The molecule has 0 saturated heterocycles. The summed E-state index contributed by atoms with van der Waals surface area (Å²) in [5, 5.41) is 11.7. The van der Waals surface area contributed by atoms with Gasteiger partial charge in [-0.2, -0.15) is 11.8 Å². The monoisotopic (exact) mass is 292 g/mol. The van der Waals surface area contributed by atoms with Crippen LogP contribution in [0.25, 0.3) is 0 Å². The van der Waals surface area contributed by atoms with Crippen molar-refractivity contribution in [2.24, 2.45) is 0 Å². The first kappa shape index (κ1) is 16.5. The van der Waals surface area contributed by atoms with Crippen molar-refractivity contribution in [3.8, 4) is 11.8 Å². The van der Waals surface area contributed by atoms with Crippen molar-refractivity contribution in [3.05, 3.63) is 29.6 Å². The molecule has 1 atom stereocenters. The molecule has 1 rings (SSSR count). The molecule has 0 saturated carbocycles. The Morgan fingerprint density at radius 1 is 1.60 bits per heavy atom. The van der Waals surface area contributed by atoms with Gasteiger partial charge in [-0.15, -0.1) is 0 Å². The second-order valence-electron chi connectivity index (χ2n) is 4.23. The van der Waals surface area contributed by atoms with Crippen LogP contribution in [0.15, 0.2) is 18.5 Å². The van der Waals surface area contributed by atoms with Gasteiger partial charge in [0.1, 0.15) is 0 Å². The normalized spacial score (nSPS) is 11.3. The molecule has 4 nitrogen and oxygen atoms in total. The van der Waals surface area contributed by atoms with Crippen LogP contribution in [0, 0.1) is 11.8 Å². The van der Waals surface area contributed by atoms with Crippen LogP contribution >= 0.6 is 11.8 Å². The Balaban J connectivity index is 2.85. The molecule has 108 valence electrons. The largest absolute Gasteiger partial charge is 0.395 e. The van der Waals surface area contributed by atoms with E-state index in [-0.39, 0.29) is 18.6 Å². The number of aliphatic hydroxyl groups is 1. The number of aliphatic hydroxyl groups excluding tert-OH is 1. The van der Waals surface area contributed by atoms with Gasteiger partial charge in [0.15, 0.2) is 0 Å². The van der Waals surface area contributed by atoms with Crippen molar-refractivity contribution in [2.75, 3.05) is 18.6 Å². The molecule has 0 bridgehead atoms. The highest BCUT2D eigenvalue weighted by Gasteiger charge is 2.14. The van der Waals surface area contributed by atoms with E-state index in [4.69, 9.17) is 5.11 Å². The average Bonchev–Trinajstić information content (AvgIpc) is 2.47. The third-order valence-electron chi connectivity index (χ3n) is 2.72. The topological polar surface area (TPSA) is 62.2 Å². The molecule has 0 fully saturated rings. The van der Waals surface area contributed by atoms with Crippen molar-refractivity contribution in [3.63, 3.8) is 0 Å². The van der Waals surface area contributed by atoms with Gasteiger partial charge in [0.25, 0.3) is 5.91 Å². The van der Waals surface area contributed by atoms with Gasteiger partial charge in [0.05, 0.1) is 17.7 Å². The van der Waals surface area contributed by atoms with Gasteiger partial charge in [0, 0.05) is 30.6 Å². The first-order valence-electron chi connectivity index (χ1n) is 6.56. The lowest BCUT2D eigenvalue weighted by atomic mass is 10.1. The Kier molecular flexibility index (Phi) is 7.78. The molecule has 1 aromatic rings. The molecule has 2 N–H and O–H groups in total. The van der Waals surface area contributed by atoms with Gasteiger partial charge >= 0.3 is 0 Å². The third kappa shape index (κ3) is 5.24. The van der Waals surface area contributed by atoms with Crippen LogP contribution in [0.5, 0.6) is 0 Å². The summed E-state index contributed by atoms with van der Waals surface area (Å²) in [6.07, 6.45) is 6.46. The molecule has 0 aliphatic carbocycles. The van der Waals surface area contributed by atoms with E-state index in [0.29, 0.717) is 17.5 Å². The first-order chi connectivity index (χ1) is 9.72. The molecule has 1 unspecified atom stereocenters. The van der Waals surface area contributed by atoms with Gasteiger partial charge in [-0.3, -0.25) is 9.78 Å². The second-order valence-corrected chi connectivity index (χ2v) is 5.14. The molecule has 1 heterocycles. The molecule has 0 radical (unpaired) electrons. The van der Waals surface area contributed by atoms with Crippen LogP contribution < -0.4 is 5.32 Å². The summed E-state index contributed by atoms with van der Waals surface area (Å²) in [7, 11) is 0. The summed E-state index contributed by atoms with van der Waals surface area (Å²) in [5.41, 5.74) is 1.13. The van der Waals surface area contributed by atoms with Crippen molar-refractivity contribution >= 4 is 17.7 Å². The predicted molar refractivity (Wildman–Crippen MR) is 82.7 cm³/mol. The van der Waals surface area contributed by atoms with Crippen LogP contribution in [0.2, 0.25) is 0 Å². The molecule has 1 amide bonds. The summed E-state index contributed by atoms with van der Waals surface area (Å²) in [5.74, 6) is 6.46. The summed E-state index contributed by atoms with van der Waals surface area (Å²) in [4.78, 5) is 16.3. The van der Waals surface area contributed by atoms with E-state index < -0.39 is 0 Å². The van der Waals surface area contributed by atoms with Crippen LogP contribution in [-0.2, 0) is 0 Å². The van der Waals surface area contributed by atoms with Crippen molar-refractivity contribution in [1.82, 2.24) is 10.3 Å². The summed E-state index contributed by atoms with van der Waals surface area (Å²) >= 11 is 1.71. The Morgan fingerprint density at radius 2 is 2.40 bits per heavy atom. The van der Waals surface area contributed by atoms with Crippen LogP contribution in [0.1, 0.15) is 35.7 Å². The first-order valence-corrected chi connectivity index (χ1v) is 7.95. The highest BCUT2D eigenvalue weighted by atomic mass is 32.2. The van der Waals surface area contributed by atoms with Crippen molar-refractivity contribution in [1.29, 1.82) is 0 Å². The van der Waals surface area contributed by atoms with Crippen LogP contribution in [0.3, 0.4) is 0 Å². The number of pyridine rings is 1. The lowest BCUT2D eigenvalue weighted by Crippen LogP contribution is -2.36. The Morgan fingerprint density at radius 3 is 3.05 bits per heavy atom. The highest BCUT2D eigenvalue weighted by Crippen LogP contribution is 2.08. The van der Waals surface area contributed by atoms with Crippen molar-refractivity contribution < 1.29 is 9.90 Å². The van der Waals surface area contributed by atoms with E-state index in [1.165, 1.54) is 0 Å². The number of nitrogens with one attached hydrogen (secondary N) is 1. The number of carbonyl (C=O) groups is 1. The van der Waals surface area contributed by atoms with Gasteiger partial charge in [-0.05, 0) is 18.7 Å². The van der Waals surface area contributed by atoms with Gasteiger partial charge in [-0.1, -0.05) is 18.8 Å². The number of thioether (sulfide) groups is 1. The summed E-state index contributed by atoms with van der Waals surface area (Å²) in [6.45, 7) is 2.07. The molecule has 0 aromatic carbocycles. The van der Waals surface area contributed by atoms with Gasteiger partial charge in [0.2, 0.25) is 0 Å². The number of amides is 1. The molecule has 20 heavy (non-hydrogen) atoms. The summed E-state index contributed by atoms with van der Waals surface area (Å²) in [6, 6.07) is 1.83. The zero-order chi connectivity index (χ0) is 14.8. The van der Waals surface area contributed by atoms with Gasteiger partial charge < -0.3 is 10.4 Å². The van der Waals surface area contributed by atoms with E-state index in [2.05, 4.69) is 29.1 Å². The maximum atomic E-state index is 12.3. The molecular weight excluding hydrogens is 272 g/mol. The maximum Gasteiger partial charge on any atom is 0.252 e. The third-order valence-corrected chi connectivity index (χ3v) is 3.46. The number of aromatic nitrogens is 1. The highest BCUT2D eigenvalue weighted by molar-refractivity contribution is 7.98. The maximum absolute atomic E-state index is 12.3. The Hall–Kier alpha value is -1.51. The molecule has 0 aliphatic heterocycles. The fourth-order valence-electron chi connectivity index (χ4n) is 1.63. The zero-order valence-electron chi connectivity index (χ0n) is 11.8. The Labute approximate surface area is 124 Å². The minimum absolute atomic E-state index is 0.0143. The average molecular weight is 292 g/mol. The van der Waals surface area contributed by atoms with Crippen molar-refractivity contribution in [2.45, 2.75) is 25.8 Å². The summed E-state index contributed by atoms with van der Waals surface area (Å²) < 4.78 is 0. The molecule has 0 aliphatic rings. The second kappa shape index (κ2) is 9.40. The van der Waals surface area contributed by atoms with E-state index >= 15 is 0 Å². The quantitative estimate of drug-likeness (QED) is 0.783. The fourth-order valence-corrected chi connectivity index (χ4v) is 2.35. The number of nitrogens with zero attached hydrogens (tertiary/aromatic N) is 1. The van der Waals surface area contributed by atoms with Crippen LogP contribution in [-0.4, -0.2) is 40.7 Å². The number of rotatable bonds is 6. The molecule has 0 spiro atoms. The lowest BCUT2D eigenvalue weighted by Gasteiger charge is -2.16. The number of hydrogen-bond donors (Lipinski definition) is 2. The number of hydrogen-bond acceptors (Lipinski definition) is 4. The molecule has 5 heteroatoms. The predicted octanol–water partition coefficient (Wildman–Crippen LogP) is 1.69. The smallest absolute Gasteiger partial charge is 0.252 e. The zero-order valence-corrected chi connectivity index (χ0v) is 12.7. The molecular formula is C15H20N2O2S. The fraction of sp³-hybridized carbons (Fsp3) is 0.467. The minimum atomic E-state index is -0.124. The number of carbonyl (C=O) groups excluding carboxylic acids is 1. The standard InChI is InChI=1S/C15H20N2O2S/c1-3-13(11-20-2)17-15(19)14-7-8-16-10-12(14)6-4-5-9-18/h7-8,10,13,18H,3,5,9,11H2,1-2H3,(H,17,19). The van der Waals surface area contributed by atoms with E-state index in [1.54, 1.807) is 30.2 Å². The van der Waals surface area contributed by atoms with E-state index in [9.17, 15) is 4.79 Å². The lowest BCUT2D eigenvalue weighted by molar-refractivity contribution is 0.0939. The Bertz CT molecular complexity index is 494. The van der Waals surface area contributed by atoms with E-state index in [1.807, 2.05) is 6.26 Å². The van der Waals surface area contributed by atoms with Gasteiger partial charge in [-0.25, -0.2) is 0 Å². The molecule has 1 aromatic heterocycles. The van der Waals surface area contributed by atoms with Crippen LogP contribution in [0.4, 0.5) is 0 Å². The van der Waals surface area contributed by atoms with E-state index in [0.717, 1.165) is 12.2 Å². The minimum Gasteiger partial charge on any atom is -0.395 e. The SMILES string of the molecule is CCC(CSC)NC(=O)c1ccncc1C#CCCO.